The van der Waals surface area contributed by atoms with E-state index in [4.69, 9.17) is 9.84 Å². The molecular weight excluding hydrogens is 212 g/mol. The Morgan fingerprint density at radius 3 is 2.94 bits per heavy atom. The van der Waals surface area contributed by atoms with Crippen LogP contribution in [0.15, 0.2) is 0 Å². The molecule has 0 aromatic rings. The molecule has 2 unspecified atom stereocenters. The molecule has 1 amide bonds. The van der Waals surface area contributed by atoms with Crippen LogP contribution in [0, 0.1) is 0 Å². The molecule has 2 N–H and O–H groups in total. The minimum atomic E-state index is -0.966. The number of carbonyl (C=O) groups excluding carboxylic acids is 1. The van der Waals surface area contributed by atoms with Crippen LogP contribution in [0.25, 0.3) is 0 Å². The molecule has 16 heavy (non-hydrogen) atoms. The lowest BCUT2D eigenvalue weighted by atomic mass is 10.1. The largest absolute Gasteiger partial charge is 0.481 e. The summed E-state index contributed by atoms with van der Waals surface area (Å²) < 4.78 is 4.93. The van der Waals surface area contributed by atoms with E-state index in [1.165, 1.54) is 0 Å². The number of piperazine rings is 1. The lowest BCUT2D eigenvalue weighted by molar-refractivity contribution is -0.146. The van der Waals surface area contributed by atoms with E-state index < -0.39 is 12.0 Å². The lowest BCUT2D eigenvalue weighted by Crippen LogP contribution is -2.60. The Balaban J connectivity index is 2.59. The average molecular weight is 230 g/mol. The Hall–Kier alpha value is -1.14. The number of nitrogens with zero attached hydrogens (tertiary/aromatic N) is 1. The van der Waals surface area contributed by atoms with Crippen LogP contribution < -0.4 is 5.32 Å². The predicted molar refractivity (Wildman–Crippen MR) is 57.1 cm³/mol. The molecule has 92 valence electrons. The van der Waals surface area contributed by atoms with Gasteiger partial charge in [-0.05, 0) is 6.92 Å². The van der Waals surface area contributed by atoms with Gasteiger partial charge in [-0.3, -0.25) is 9.59 Å². The fraction of sp³-hybridized carbons (Fsp3) is 0.800. The SMILES string of the molecule is COCCN1C(=O)C(CC(=O)O)NCC1C. The highest BCUT2D eigenvalue weighted by Gasteiger charge is 2.33. The number of hydrogen-bond donors (Lipinski definition) is 2. The first-order valence-corrected chi connectivity index (χ1v) is 5.31. The van der Waals surface area contributed by atoms with Crippen molar-refractivity contribution in [2.75, 3.05) is 26.8 Å². The molecule has 0 spiro atoms. The minimum absolute atomic E-state index is 0.0766. The second-order valence-corrected chi connectivity index (χ2v) is 3.93. The number of ether oxygens (including phenoxy) is 1. The third kappa shape index (κ3) is 3.18. The smallest absolute Gasteiger partial charge is 0.305 e. The van der Waals surface area contributed by atoms with Gasteiger partial charge in [-0.15, -0.1) is 0 Å². The van der Waals surface area contributed by atoms with Crippen LogP contribution in [0.2, 0.25) is 0 Å². The van der Waals surface area contributed by atoms with Crippen LogP contribution in [0.5, 0.6) is 0 Å². The van der Waals surface area contributed by atoms with E-state index in [1.54, 1.807) is 12.0 Å². The Labute approximate surface area is 94.6 Å². The molecule has 0 bridgehead atoms. The highest BCUT2D eigenvalue weighted by atomic mass is 16.5. The van der Waals surface area contributed by atoms with Crippen LogP contribution in [0.1, 0.15) is 13.3 Å². The van der Waals surface area contributed by atoms with Gasteiger partial charge in [0.15, 0.2) is 0 Å². The zero-order valence-corrected chi connectivity index (χ0v) is 9.60. The number of methoxy groups -OCH3 is 1. The summed E-state index contributed by atoms with van der Waals surface area (Å²) in [5.41, 5.74) is 0. The maximum Gasteiger partial charge on any atom is 0.305 e. The number of nitrogens with one attached hydrogen (secondary N) is 1. The molecule has 1 rings (SSSR count). The van der Waals surface area contributed by atoms with Gasteiger partial charge in [-0.2, -0.15) is 0 Å². The lowest BCUT2D eigenvalue weighted by Gasteiger charge is -2.37. The second kappa shape index (κ2) is 5.81. The van der Waals surface area contributed by atoms with E-state index >= 15 is 0 Å². The number of rotatable bonds is 5. The molecule has 0 aliphatic carbocycles. The van der Waals surface area contributed by atoms with Gasteiger partial charge in [0.05, 0.1) is 19.1 Å². The van der Waals surface area contributed by atoms with Gasteiger partial charge in [0.25, 0.3) is 0 Å². The van der Waals surface area contributed by atoms with Crippen LogP contribution >= 0.6 is 0 Å². The van der Waals surface area contributed by atoms with Crippen molar-refractivity contribution >= 4 is 11.9 Å². The molecule has 1 saturated heterocycles. The summed E-state index contributed by atoms with van der Waals surface area (Å²) in [7, 11) is 1.58. The maximum atomic E-state index is 11.9. The van der Waals surface area contributed by atoms with Gasteiger partial charge in [0.1, 0.15) is 0 Å². The van der Waals surface area contributed by atoms with Crippen molar-refractivity contribution in [3.05, 3.63) is 0 Å². The first-order valence-electron chi connectivity index (χ1n) is 5.31. The number of amides is 1. The standard InChI is InChI=1S/C10H18N2O4/c1-7-6-11-8(5-9(13)14)10(15)12(7)3-4-16-2/h7-8,11H,3-6H2,1-2H3,(H,13,14). The predicted octanol–water partition coefficient (Wildman–Crippen LogP) is -0.704. The summed E-state index contributed by atoms with van der Waals surface area (Å²) in [6.45, 7) is 3.52. The second-order valence-electron chi connectivity index (χ2n) is 3.93. The van der Waals surface area contributed by atoms with Gasteiger partial charge in [-0.1, -0.05) is 0 Å². The van der Waals surface area contributed by atoms with E-state index in [-0.39, 0.29) is 18.4 Å². The van der Waals surface area contributed by atoms with E-state index in [0.717, 1.165) is 0 Å². The molecule has 6 nitrogen and oxygen atoms in total. The Bertz CT molecular complexity index is 270. The van der Waals surface area contributed by atoms with Crippen molar-refractivity contribution in [2.24, 2.45) is 0 Å². The molecule has 0 aromatic heterocycles. The third-order valence-corrected chi connectivity index (χ3v) is 2.69. The highest BCUT2D eigenvalue weighted by Crippen LogP contribution is 2.10. The van der Waals surface area contributed by atoms with Gasteiger partial charge < -0.3 is 20.1 Å². The minimum Gasteiger partial charge on any atom is -0.481 e. The third-order valence-electron chi connectivity index (χ3n) is 2.69. The van der Waals surface area contributed by atoms with E-state index in [9.17, 15) is 9.59 Å². The van der Waals surface area contributed by atoms with Crippen LogP contribution in [-0.4, -0.2) is 60.8 Å². The maximum absolute atomic E-state index is 11.9. The van der Waals surface area contributed by atoms with Crippen LogP contribution in [0.3, 0.4) is 0 Å². The monoisotopic (exact) mass is 230 g/mol. The fourth-order valence-electron chi connectivity index (χ4n) is 1.78. The number of carboxylic acid groups (broad SMARTS) is 1. The Morgan fingerprint density at radius 2 is 2.38 bits per heavy atom. The summed E-state index contributed by atoms with van der Waals surface area (Å²) in [5.74, 6) is -1.12. The summed E-state index contributed by atoms with van der Waals surface area (Å²) in [4.78, 5) is 24.2. The van der Waals surface area contributed by atoms with E-state index in [1.807, 2.05) is 6.92 Å². The topological polar surface area (TPSA) is 78.9 Å². The molecule has 6 heteroatoms. The fourth-order valence-corrected chi connectivity index (χ4v) is 1.78. The number of carboxylic acids is 1. The number of aliphatic carboxylic acids is 1. The van der Waals surface area contributed by atoms with Gasteiger partial charge in [0, 0.05) is 26.2 Å². The number of hydrogen-bond acceptors (Lipinski definition) is 4. The van der Waals surface area contributed by atoms with Crippen molar-refractivity contribution in [2.45, 2.75) is 25.4 Å². The van der Waals surface area contributed by atoms with E-state index in [0.29, 0.717) is 19.7 Å². The molecule has 2 atom stereocenters. The zero-order chi connectivity index (χ0) is 12.1. The molecular formula is C10H18N2O4. The molecule has 0 radical (unpaired) electrons. The van der Waals surface area contributed by atoms with E-state index in [2.05, 4.69) is 5.32 Å². The summed E-state index contributed by atoms with van der Waals surface area (Å²) >= 11 is 0. The van der Waals surface area contributed by atoms with Gasteiger partial charge in [0.2, 0.25) is 5.91 Å². The van der Waals surface area contributed by atoms with Crippen LogP contribution in [0.4, 0.5) is 0 Å². The van der Waals surface area contributed by atoms with Gasteiger partial charge >= 0.3 is 5.97 Å². The Kier molecular flexibility index (Phi) is 4.70. The summed E-state index contributed by atoms with van der Waals surface area (Å²) in [6, 6.07) is -0.529. The van der Waals surface area contributed by atoms with Crippen molar-refractivity contribution in [3.63, 3.8) is 0 Å². The first-order chi connectivity index (χ1) is 7.56. The van der Waals surface area contributed by atoms with Crippen molar-refractivity contribution in [3.8, 4) is 0 Å². The van der Waals surface area contributed by atoms with Crippen LogP contribution in [-0.2, 0) is 14.3 Å². The average Bonchev–Trinajstić information content (AvgIpc) is 2.22. The van der Waals surface area contributed by atoms with Gasteiger partial charge in [-0.25, -0.2) is 0 Å². The van der Waals surface area contributed by atoms with Crippen molar-refractivity contribution in [1.82, 2.24) is 10.2 Å². The van der Waals surface area contributed by atoms with Crippen molar-refractivity contribution in [1.29, 1.82) is 0 Å². The number of carbonyl (C=O) groups is 2. The van der Waals surface area contributed by atoms with Crippen molar-refractivity contribution < 1.29 is 19.4 Å². The summed E-state index contributed by atoms with van der Waals surface area (Å²) in [5, 5.41) is 11.6. The summed E-state index contributed by atoms with van der Waals surface area (Å²) in [6.07, 6.45) is -0.172. The normalized spacial score (nSPS) is 25.9. The molecule has 0 saturated carbocycles. The molecule has 1 fully saturated rings. The molecule has 1 heterocycles. The molecule has 1 aliphatic rings. The molecule has 0 aromatic carbocycles. The Morgan fingerprint density at radius 1 is 1.69 bits per heavy atom. The quantitative estimate of drug-likeness (QED) is 0.652. The first kappa shape index (κ1) is 12.9. The zero-order valence-electron chi connectivity index (χ0n) is 9.60. The highest BCUT2D eigenvalue weighted by molar-refractivity contribution is 5.87. The molecule has 1 aliphatic heterocycles.